The smallest absolute Gasteiger partial charge is 0.322 e. The number of benzene rings is 2. The highest BCUT2D eigenvalue weighted by atomic mass is 16.5. The van der Waals surface area contributed by atoms with Crippen molar-refractivity contribution in [1.82, 2.24) is 4.90 Å². The van der Waals surface area contributed by atoms with Gasteiger partial charge in [-0.15, -0.1) is 0 Å². The van der Waals surface area contributed by atoms with Crippen molar-refractivity contribution < 1.29 is 14.3 Å². The predicted molar refractivity (Wildman–Crippen MR) is 97.9 cm³/mol. The van der Waals surface area contributed by atoms with Crippen LogP contribution in [0.25, 0.3) is 0 Å². The lowest BCUT2D eigenvalue weighted by atomic mass is 10.1. The van der Waals surface area contributed by atoms with Gasteiger partial charge in [-0.1, -0.05) is 18.2 Å². The molecule has 0 spiro atoms. The lowest BCUT2D eigenvalue weighted by Crippen LogP contribution is -2.46. The van der Waals surface area contributed by atoms with Gasteiger partial charge in [-0.2, -0.15) is 5.26 Å². The number of morpholine rings is 1. The van der Waals surface area contributed by atoms with Gasteiger partial charge in [-0.25, -0.2) is 4.79 Å². The number of hydrogen-bond donors (Lipinski definition) is 1. The van der Waals surface area contributed by atoms with Crippen molar-refractivity contribution in [3.05, 3.63) is 59.7 Å². The maximum Gasteiger partial charge on any atom is 0.322 e. The van der Waals surface area contributed by atoms with E-state index in [1.54, 1.807) is 23.1 Å². The summed E-state index contributed by atoms with van der Waals surface area (Å²) in [5, 5.41) is 11.8. The number of amides is 2. The molecule has 2 amide bonds. The first kappa shape index (κ1) is 17.8. The van der Waals surface area contributed by atoms with Gasteiger partial charge in [0.15, 0.2) is 0 Å². The Morgan fingerprint density at radius 2 is 2.19 bits per heavy atom. The number of urea groups is 1. The molecular weight excluding hydrogens is 330 g/mol. The maximum absolute atomic E-state index is 12.4. The van der Waals surface area contributed by atoms with E-state index >= 15 is 0 Å². The minimum Gasteiger partial charge on any atom is -0.489 e. The van der Waals surface area contributed by atoms with Gasteiger partial charge in [0.1, 0.15) is 12.4 Å². The van der Waals surface area contributed by atoms with Crippen LogP contribution in [0.5, 0.6) is 5.75 Å². The lowest BCUT2D eigenvalue weighted by Gasteiger charge is -2.31. The van der Waals surface area contributed by atoms with Gasteiger partial charge in [0.2, 0.25) is 0 Å². The summed E-state index contributed by atoms with van der Waals surface area (Å²) in [4.78, 5) is 14.1. The number of carbonyl (C=O) groups is 1. The second-order valence-corrected chi connectivity index (χ2v) is 6.19. The van der Waals surface area contributed by atoms with Gasteiger partial charge in [-0.05, 0) is 36.8 Å². The summed E-state index contributed by atoms with van der Waals surface area (Å²) in [6.45, 7) is 4.03. The third-order valence-electron chi connectivity index (χ3n) is 4.08. The van der Waals surface area contributed by atoms with Gasteiger partial charge in [0.05, 0.1) is 24.3 Å². The molecule has 1 N–H and O–H groups in total. The third kappa shape index (κ3) is 4.74. The molecule has 134 valence electrons. The number of nitriles is 1. The van der Waals surface area contributed by atoms with Crippen LogP contribution in [-0.2, 0) is 11.3 Å². The van der Waals surface area contributed by atoms with Gasteiger partial charge in [0, 0.05) is 24.8 Å². The van der Waals surface area contributed by atoms with E-state index in [1.807, 2.05) is 37.3 Å². The molecule has 2 aromatic carbocycles. The average Bonchev–Trinajstić information content (AvgIpc) is 2.67. The minimum absolute atomic E-state index is 0.0494. The topological polar surface area (TPSA) is 74.6 Å². The molecule has 1 aliphatic heterocycles. The number of hydrogen-bond acceptors (Lipinski definition) is 4. The van der Waals surface area contributed by atoms with Crippen molar-refractivity contribution in [2.45, 2.75) is 19.6 Å². The Bertz CT molecular complexity index is 816. The fourth-order valence-corrected chi connectivity index (χ4v) is 2.77. The molecule has 1 aliphatic rings. The highest BCUT2D eigenvalue weighted by Crippen LogP contribution is 2.19. The van der Waals surface area contributed by atoms with Crippen LogP contribution in [0.1, 0.15) is 18.1 Å². The second-order valence-electron chi connectivity index (χ2n) is 6.19. The number of nitrogens with zero attached hydrogens (tertiary/aromatic N) is 2. The van der Waals surface area contributed by atoms with Crippen molar-refractivity contribution >= 4 is 11.7 Å². The lowest BCUT2D eigenvalue weighted by molar-refractivity contribution is -0.00138. The number of ether oxygens (including phenoxy) is 2. The first-order valence-corrected chi connectivity index (χ1v) is 8.53. The second kappa shape index (κ2) is 8.37. The van der Waals surface area contributed by atoms with Crippen LogP contribution in [0.4, 0.5) is 10.5 Å². The minimum atomic E-state index is -0.140. The monoisotopic (exact) mass is 351 g/mol. The largest absolute Gasteiger partial charge is 0.489 e. The maximum atomic E-state index is 12.4. The van der Waals surface area contributed by atoms with Crippen molar-refractivity contribution in [1.29, 1.82) is 5.26 Å². The summed E-state index contributed by atoms with van der Waals surface area (Å²) >= 11 is 0. The fraction of sp³-hybridized carbons (Fsp3) is 0.300. The molecule has 1 atom stereocenters. The standard InChI is InChI=1S/C20H21N3O3/c1-15-13-23(8-9-25-15)20(24)22-18-6-3-7-19(11-18)26-14-17-5-2-4-16(10-17)12-21/h2-7,10-11,15H,8-9,13-14H2,1H3,(H,22,24). The normalized spacial score (nSPS) is 16.6. The highest BCUT2D eigenvalue weighted by molar-refractivity contribution is 5.89. The van der Waals surface area contributed by atoms with Crippen molar-refractivity contribution in [2.24, 2.45) is 0 Å². The first-order valence-electron chi connectivity index (χ1n) is 8.53. The zero-order valence-corrected chi connectivity index (χ0v) is 14.6. The Morgan fingerprint density at radius 3 is 3.00 bits per heavy atom. The van der Waals surface area contributed by atoms with Crippen LogP contribution in [0.15, 0.2) is 48.5 Å². The molecule has 6 heteroatoms. The SMILES string of the molecule is CC1CN(C(=O)Nc2cccc(OCc3cccc(C#N)c3)c2)CCO1. The van der Waals surface area contributed by atoms with E-state index in [4.69, 9.17) is 14.7 Å². The number of nitrogens with one attached hydrogen (secondary N) is 1. The van der Waals surface area contributed by atoms with Gasteiger partial charge in [-0.3, -0.25) is 0 Å². The van der Waals surface area contributed by atoms with E-state index in [0.717, 1.165) is 5.56 Å². The zero-order valence-electron chi connectivity index (χ0n) is 14.6. The predicted octanol–water partition coefficient (Wildman–Crippen LogP) is 3.39. The summed E-state index contributed by atoms with van der Waals surface area (Å²) in [5.41, 5.74) is 2.20. The molecule has 0 radical (unpaired) electrons. The van der Waals surface area contributed by atoms with E-state index in [0.29, 0.717) is 43.3 Å². The van der Waals surface area contributed by atoms with Crippen LogP contribution in [0, 0.1) is 11.3 Å². The Hall–Kier alpha value is -3.04. The molecule has 1 saturated heterocycles. The summed E-state index contributed by atoms with van der Waals surface area (Å²) in [7, 11) is 0. The van der Waals surface area contributed by atoms with E-state index in [2.05, 4.69) is 11.4 Å². The van der Waals surface area contributed by atoms with Crippen LogP contribution >= 0.6 is 0 Å². The van der Waals surface area contributed by atoms with E-state index < -0.39 is 0 Å². The van der Waals surface area contributed by atoms with Crippen LogP contribution in [-0.4, -0.2) is 36.7 Å². The van der Waals surface area contributed by atoms with Gasteiger partial charge < -0.3 is 19.7 Å². The summed E-state index contributed by atoms with van der Waals surface area (Å²) in [6.07, 6.45) is 0.0494. The molecule has 0 aromatic heterocycles. The quantitative estimate of drug-likeness (QED) is 0.916. The highest BCUT2D eigenvalue weighted by Gasteiger charge is 2.21. The Morgan fingerprint density at radius 1 is 1.35 bits per heavy atom. The molecule has 0 bridgehead atoms. The van der Waals surface area contributed by atoms with Crippen molar-refractivity contribution in [3.63, 3.8) is 0 Å². The number of anilines is 1. The van der Waals surface area contributed by atoms with E-state index in [1.165, 1.54) is 0 Å². The molecule has 0 saturated carbocycles. The number of rotatable bonds is 4. The van der Waals surface area contributed by atoms with E-state index in [9.17, 15) is 4.79 Å². The summed E-state index contributed by atoms with van der Waals surface area (Å²) < 4.78 is 11.2. The Balaban J connectivity index is 1.59. The zero-order chi connectivity index (χ0) is 18.4. The fourth-order valence-electron chi connectivity index (χ4n) is 2.77. The molecule has 3 rings (SSSR count). The van der Waals surface area contributed by atoms with Crippen molar-refractivity contribution in [2.75, 3.05) is 25.0 Å². The third-order valence-corrected chi connectivity index (χ3v) is 4.08. The van der Waals surface area contributed by atoms with Gasteiger partial charge in [0.25, 0.3) is 0 Å². The molecule has 1 unspecified atom stereocenters. The number of carbonyl (C=O) groups excluding carboxylic acids is 1. The molecule has 0 aliphatic carbocycles. The van der Waals surface area contributed by atoms with Gasteiger partial charge >= 0.3 is 6.03 Å². The molecule has 1 heterocycles. The molecule has 1 fully saturated rings. The van der Waals surface area contributed by atoms with E-state index in [-0.39, 0.29) is 12.1 Å². The van der Waals surface area contributed by atoms with Crippen molar-refractivity contribution in [3.8, 4) is 11.8 Å². The molecule has 26 heavy (non-hydrogen) atoms. The Labute approximate surface area is 152 Å². The summed E-state index contributed by atoms with van der Waals surface area (Å²) in [6, 6.07) is 16.5. The Kier molecular flexibility index (Phi) is 5.72. The average molecular weight is 351 g/mol. The van der Waals surface area contributed by atoms with Crippen LogP contribution in [0.2, 0.25) is 0 Å². The first-order chi connectivity index (χ1) is 12.6. The van der Waals surface area contributed by atoms with Crippen LogP contribution < -0.4 is 10.1 Å². The van der Waals surface area contributed by atoms with Crippen LogP contribution in [0.3, 0.4) is 0 Å². The summed E-state index contributed by atoms with van der Waals surface area (Å²) in [5.74, 6) is 0.653. The molecular formula is C20H21N3O3. The molecule has 6 nitrogen and oxygen atoms in total. The molecule has 2 aromatic rings.